The summed E-state index contributed by atoms with van der Waals surface area (Å²) in [6.45, 7) is 4.60. The van der Waals surface area contributed by atoms with Crippen LogP contribution in [0.5, 0.6) is 0 Å². The molecule has 1 rings (SSSR count). The van der Waals surface area contributed by atoms with Gasteiger partial charge in [-0.1, -0.05) is 26.0 Å². The molecule has 0 spiro atoms. The van der Waals surface area contributed by atoms with E-state index in [1.807, 2.05) is 13.8 Å². The van der Waals surface area contributed by atoms with E-state index < -0.39 is 6.10 Å². The number of amides is 2. The maximum absolute atomic E-state index is 12.9. The van der Waals surface area contributed by atoms with Gasteiger partial charge in [-0.05, 0) is 17.7 Å². The van der Waals surface area contributed by atoms with Crippen LogP contribution in [-0.2, 0) is 10.2 Å². The first-order valence-corrected chi connectivity index (χ1v) is 6.80. The fourth-order valence-corrected chi connectivity index (χ4v) is 1.83. The summed E-state index contributed by atoms with van der Waals surface area (Å²) in [5, 5.41) is 14.7. The first-order valence-electron chi connectivity index (χ1n) is 6.80. The zero-order chi connectivity index (χ0) is 15.9. The smallest absolute Gasteiger partial charge is 0.314 e. The Hall–Kier alpha value is -1.66. The largest absolute Gasteiger partial charge is 0.389 e. The van der Waals surface area contributed by atoms with Gasteiger partial charge in [-0.25, -0.2) is 9.18 Å². The monoisotopic (exact) mass is 298 g/mol. The number of carbonyl (C=O) groups is 1. The lowest BCUT2D eigenvalue weighted by molar-refractivity contribution is 0.0659. The van der Waals surface area contributed by atoms with Crippen molar-refractivity contribution in [2.45, 2.75) is 25.4 Å². The summed E-state index contributed by atoms with van der Waals surface area (Å²) >= 11 is 0. The van der Waals surface area contributed by atoms with E-state index in [0.29, 0.717) is 6.54 Å². The van der Waals surface area contributed by atoms with Gasteiger partial charge in [0.2, 0.25) is 0 Å². The lowest BCUT2D eigenvalue weighted by Crippen LogP contribution is -2.45. The van der Waals surface area contributed by atoms with Crippen LogP contribution < -0.4 is 10.6 Å². The molecule has 1 aromatic carbocycles. The molecule has 0 saturated heterocycles. The summed E-state index contributed by atoms with van der Waals surface area (Å²) in [6.07, 6.45) is -0.731. The number of urea groups is 1. The lowest BCUT2D eigenvalue weighted by Gasteiger charge is -2.26. The Labute approximate surface area is 124 Å². The summed E-state index contributed by atoms with van der Waals surface area (Å²) < 4.78 is 17.7. The van der Waals surface area contributed by atoms with Crippen molar-refractivity contribution in [2.75, 3.05) is 26.8 Å². The number of halogens is 1. The highest BCUT2D eigenvalue weighted by molar-refractivity contribution is 5.74. The van der Waals surface area contributed by atoms with Crippen molar-refractivity contribution in [3.8, 4) is 0 Å². The Morgan fingerprint density at radius 2 is 1.95 bits per heavy atom. The van der Waals surface area contributed by atoms with Gasteiger partial charge < -0.3 is 20.5 Å². The number of aliphatic hydroxyl groups excluding tert-OH is 1. The number of carbonyl (C=O) groups excluding carboxylic acids is 1. The van der Waals surface area contributed by atoms with Crippen molar-refractivity contribution in [1.82, 2.24) is 10.6 Å². The van der Waals surface area contributed by atoms with Gasteiger partial charge in [-0.2, -0.15) is 0 Å². The van der Waals surface area contributed by atoms with Crippen molar-refractivity contribution in [3.63, 3.8) is 0 Å². The minimum absolute atomic E-state index is 0.122. The van der Waals surface area contributed by atoms with Gasteiger partial charge in [-0.3, -0.25) is 0 Å². The van der Waals surface area contributed by atoms with Crippen molar-refractivity contribution in [3.05, 3.63) is 35.6 Å². The van der Waals surface area contributed by atoms with E-state index in [4.69, 9.17) is 4.74 Å². The number of methoxy groups -OCH3 is 1. The normalized spacial score (nSPS) is 12.8. The van der Waals surface area contributed by atoms with Crippen LogP contribution in [0.25, 0.3) is 0 Å². The third kappa shape index (κ3) is 6.10. The average molecular weight is 298 g/mol. The van der Waals surface area contributed by atoms with Crippen LogP contribution in [-0.4, -0.2) is 44.0 Å². The molecule has 0 aliphatic carbocycles. The van der Waals surface area contributed by atoms with E-state index >= 15 is 0 Å². The predicted molar refractivity (Wildman–Crippen MR) is 78.7 cm³/mol. The number of nitrogens with one attached hydrogen (secondary N) is 2. The molecule has 0 aliphatic rings. The molecule has 1 aromatic rings. The van der Waals surface area contributed by atoms with Crippen LogP contribution in [0.3, 0.4) is 0 Å². The Kier molecular flexibility index (Phi) is 6.58. The van der Waals surface area contributed by atoms with Gasteiger partial charge in [0.15, 0.2) is 0 Å². The van der Waals surface area contributed by atoms with Crippen LogP contribution in [0.15, 0.2) is 24.3 Å². The van der Waals surface area contributed by atoms with Gasteiger partial charge in [0.05, 0.1) is 12.7 Å². The fraction of sp³-hybridized carbons (Fsp3) is 0.533. The second-order valence-electron chi connectivity index (χ2n) is 5.56. The maximum Gasteiger partial charge on any atom is 0.314 e. The number of rotatable bonds is 7. The molecule has 118 valence electrons. The molecular weight excluding hydrogens is 275 g/mol. The standard InChI is InChI=1S/C15H23FN2O3/c1-15(2,11-4-6-12(16)7-5-11)10-18-14(20)17-8-13(19)9-21-3/h4-7,13,19H,8-10H2,1-3H3,(H2,17,18,20). The Balaban J connectivity index is 2.42. The molecule has 21 heavy (non-hydrogen) atoms. The fourth-order valence-electron chi connectivity index (χ4n) is 1.83. The van der Waals surface area contributed by atoms with Crippen LogP contribution in [0.2, 0.25) is 0 Å². The maximum atomic E-state index is 12.9. The van der Waals surface area contributed by atoms with E-state index in [1.165, 1.54) is 19.2 Å². The summed E-state index contributed by atoms with van der Waals surface area (Å²) in [4.78, 5) is 11.6. The van der Waals surface area contributed by atoms with Gasteiger partial charge in [-0.15, -0.1) is 0 Å². The molecule has 6 heteroatoms. The molecule has 1 atom stereocenters. The van der Waals surface area contributed by atoms with E-state index in [-0.39, 0.29) is 30.4 Å². The number of hydrogen-bond acceptors (Lipinski definition) is 3. The molecule has 0 fully saturated rings. The highest BCUT2D eigenvalue weighted by Gasteiger charge is 2.21. The Morgan fingerprint density at radius 3 is 2.52 bits per heavy atom. The van der Waals surface area contributed by atoms with Crippen molar-refractivity contribution < 1.29 is 19.0 Å². The molecule has 0 saturated carbocycles. The lowest BCUT2D eigenvalue weighted by atomic mass is 9.84. The van der Waals surface area contributed by atoms with E-state index in [0.717, 1.165) is 5.56 Å². The van der Waals surface area contributed by atoms with Crippen molar-refractivity contribution >= 4 is 6.03 Å². The molecule has 0 radical (unpaired) electrons. The third-order valence-corrected chi connectivity index (χ3v) is 3.17. The minimum atomic E-state index is -0.731. The second-order valence-corrected chi connectivity index (χ2v) is 5.56. The second kappa shape index (κ2) is 7.95. The summed E-state index contributed by atoms with van der Waals surface area (Å²) in [5.41, 5.74) is 0.611. The molecule has 0 aliphatic heterocycles. The van der Waals surface area contributed by atoms with Crippen LogP contribution in [0, 0.1) is 5.82 Å². The van der Waals surface area contributed by atoms with Crippen molar-refractivity contribution in [1.29, 1.82) is 0 Å². The summed E-state index contributed by atoms with van der Waals surface area (Å²) in [6, 6.07) is 5.85. The number of benzene rings is 1. The molecule has 3 N–H and O–H groups in total. The number of aliphatic hydroxyl groups is 1. The first-order chi connectivity index (χ1) is 9.85. The minimum Gasteiger partial charge on any atom is -0.389 e. The average Bonchev–Trinajstić information content (AvgIpc) is 2.44. The molecule has 0 bridgehead atoms. The molecule has 0 aromatic heterocycles. The van der Waals surface area contributed by atoms with Gasteiger partial charge in [0.1, 0.15) is 5.82 Å². The molecule has 0 heterocycles. The Bertz CT molecular complexity index is 449. The van der Waals surface area contributed by atoms with E-state index in [9.17, 15) is 14.3 Å². The van der Waals surface area contributed by atoms with Gasteiger partial charge in [0.25, 0.3) is 0 Å². The molecule has 1 unspecified atom stereocenters. The van der Waals surface area contributed by atoms with Crippen LogP contribution in [0.4, 0.5) is 9.18 Å². The zero-order valence-electron chi connectivity index (χ0n) is 12.6. The van der Waals surface area contributed by atoms with Crippen LogP contribution in [0.1, 0.15) is 19.4 Å². The van der Waals surface area contributed by atoms with Gasteiger partial charge >= 0.3 is 6.03 Å². The molecular formula is C15H23FN2O3. The summed E-state index contributed by atoms with van der Waals surface area (Å²) in [5.74, 6) is -0.285. The highest BCUT2D eigenvalue weighted by Crippen LogP contribution is 2.22. The summed E-state index contributed by atoms with van der Waals surface area (Å²) in [7, 11) is 1.48. The van der Waals surface area contributed by atoms with Crippen molar-refractivity contribution in [2.24, 2.45) is 0 Å². The quantitative estimate of drug-likeness (QED) is 0.713. The molecule has 5 nitrogen and oxygen atoms in total. The van der Waals surface area contributed by atoms with E-state index in [2.05, 4.69) is 10.6 Å². The van der Waals surface area contributed by atoms with Crippen LogP contribution >= 0.6 is 0 Å². The van der Waals surface area contributed by atoms with Gasteiger partial charge in [0, 0.05) is 25.6 Å². The zero-order valence-corrected chi connectivity index (χ0v) is 12.6. The first kappa shape index (κ1) is 17.4. The third-order valence-electron chi connectivity index (χ3n) is 3.17. The SMILES string of the molecule is COCC(O)CNC(=O)NCC(C)(C)c1ccc(F)cc1. The molecule has 2 amide bonds. The van der Waals surface area contributed by atoms with E-state index in [1.54, 1.807) is 12.1 Å². The Morgan fingerprint density at radius 1 is 1.33 bits per heavy atom. The highest BCUT2D eigenvalue weighted by atomic mass is 19.1. The number of ether oxygens (including phenoxy) is 1. The number of hydrogen-bond donors (Lipinski definition) is 3. The topological polar surface area (TPSA) is 70.6 Å². The predicted octanol–water partition coefficient (Wildman–Crippen LogP) is 1.41.